The molecule has 0 bridgehead atoms. The zero-order valence-electron chi connectivity index (χ0n) is 12.7. The van der Waals surface area contributed by atoms with Crippen LogP contribution >= 0.6 is 0 Å². The van der Waals surface area contributed by atoms with Gasteiger partial charge in [-0.05, 0) is 38.1 Å². The summed E-state index contributed by atoms with van der Waals surface area (Å²) in [6.07, 6.45) is 7.29. The average molecular weight is 308 g/mol. The summed E-state index contributed by atoms with van der Waals surface area (Å²) in [6, 6.07) is 0. The number of carboxylic acids is 2. The molecule has 4 N–H and O–H groups in total. The molecule has 0 atom stereocenters. The molecule has 0 heterocycles. The first-order valence-corrected chi connectivity index (χ1v) is 6.78. The van der Waals surface area contributed by atoms with E-state index in [1.54, 1.807) is 0 Å². The van der Waals surface area contributed by atoms with Gasteiger partial charge in [0.2, 0.25) is 0 Å². The third-order valence-corrected chi connectivity index (χ3v) is 2.11. The predicted molar refractivity (Wildman–Crippen MR) is 86.8 cm³/mol. The quantitative estimate of drug-likeness (QED) is 0.261. The van der Waals surface area contributed by atoms with Gasteiger partial charge >= 0.3 is 11.9 Å². The van der Waals surface area contributed by atoms with E-state index < -0.39 is 11.9 Å². The summed E-state index contributed by atoms with van der Waals surface area (Å²) in [7, 11) is 0. The smallest absolute Gasteiger partial charge is 0.328 e. The molecule has 6 nitrogen and oxygen atoms in total. The minimum atomic E-state index is -1.26. The van der Waals surface area contributed by atoms with Crippen LogP contribution in [0.4, 0.5) is 0 Å². The fourth-order valence-corrected chi connectivity index (χ4v) is 1.14. The summed E-state index contributed by atoms with van der Waals surface area (Å²) < 4.78 is 0. The summed E-state index contributed by atoms with van der Waals surface area (Å²) in [5.74, 6) is -2.51. The lowest BCUT2D eigenvalue weighted by atomic mass is 10.3. The van der Waals surface area contributed by atoms with E-state index in [4.69, 9.17) is 10.2 Å². The first-order valence-electron chi connectivity index (χ1n) is 6.78. The molecule has 22 heavy (non-hydrogen) atoms. The van der Waals surface area contributed by atoms with Gasteiger partial charge in [0.05, 0.1) is 0 Å². The fraction of sp³-hybridized carbons (Fsp3) is 0.375. The van der Waals surface area contributed by atoms with Gasteiger partial charge in [-0.3, -0.25) is 0 Å². The molecule has 0 aliphatic carbocycles. The Balaban J connectivity index is 0. The van der Waals surface area contributed by atoms with Crippen molar-refractivity contribution in [2.45, 2.75) is 12.8 Å². The van der Waals surface area contributed by atoms with Gasteiger partial charge in [0.1, 0.15) is 0 Å². The first-order chi connectivity index (χ1) is 10.5. The van der Waals surface area contributed by atoms with Crippen molar-refractivity contribution in [3.63, 3.8) is 0 Å². The zero-order valence-corrected chi connectivity index (χ0v) is 12.7. The highest BCUT2D eigenvalue weighted by Crippen LogP contribution is 1.84. The molecule has 0 saturated heterocycles. The Morgan fingerprint density at radius 2 is 1.23 bits per heavy atom. The van der Waals surface area contributed by atoms with Crippen LogP contribution < -0.4 is 10.6 Å². The summed E-state index contributed by atoms with van der Waals surface area (Å²) in [5, 5.41) is 22.2. The molecule has 0 aliphatic rings. The molecule has 0 aromatic rings. The molecule has 0 rings (SSSR count). The van der Waals surface area contributed by atoms with E-state index in [0.29, 0.717) is 12.2 Å². The Hall–Kier alpha value is -2.36. The summed E-state index contributed by atoms with van der Waals surface area (Å²) in [6.45, 7) is 10.8. The number of carbonyl (C=O) groups is 2. The number of nitrogens with one attached hydrogen (secondary N) is 2. The normalized spacial score (nSPS) is 9.09. The zero-order chi connectivity index (χ0) is 17.1. The number of hydrogen-bond donors (Lipinski definition) is 4. The monoisotopic (exact) mass is 308 g/mol. The van der Waals surface area contributed by atoms with Crippen LogP contribution in [-0.2, 0) is 9.59 Å². The van der Waals surface area contributed by atoms with Crippen LogP contribution in [-0.4, -0.2) is 48.3 Å². The highest BCUT2D eigenvalue weighted by Gasteiger charge is 1.88. The molecule has 0 radical (unpaired) electrons. The molecule has 0 aromatic heterocycles. The van der Waals surface area contributed by atoms with E-state index in [9.17, 15) is 9.59 Å². The minimum Gasteiger partial charge on any atom is -0.478 e. The topological polar surface area (TPSA) is 98.7 Å². The standard InChI is InChI=1S/C12H20N2.C4H4O4/c1-3-5-9-13-11-7-8-12-14-10-6-4-2;5-3(6)1-2-4(7)8/h5-6,13-14H,1-2,7-12H2;1-2H,(H,5,6)(H,7,8)/b;2-1-. The average Bonchev–Trinajstić information content (AvgIpc) is 2.48. The highest BCUT2D eigenvalue weighted by atomic mass is 16.4. The largest absolute Gasteiger partial charge is 0.478 e. The van der Waals surface area contributed by atoms with Gasteiger partial charge in [0.15, 0.2) is 0 Å². The van der Waals surface area contributed by atoms with Crippen molar-refractivity contribution < 1.29 is 19.8 Å². The van der Waals surface area contributed by atoms with Crippen molar-refractivity contribution in [3.05, 3.63) is 48.9 Å². The molecule has 0 spiro atoms. The van der Waals surface area contributed by atoms with Crippen LogP contribution in [0.15, 0.2) is 48.9 Å². The summed E-state index contributed by atoms with van der Waals surface area (Å²) in [4.78, 5) is 19.1. The maximum atomic E-state index is 9.55. The van der Waals surface area contributed by atoms with Gasteiger partial charge in [-0.15, -0.1) is 11.5 Å². The van der Waals surface area contributed by atoms with E-state index >= 15 is 0 Å². The molecule has 6 heteroatoms. The first kappa shape index (κ1) is 21.9. The molecular formula is C16H24N2O4. The molecule has 0 aromatic carbocycles. The fourth-order valence-electron chi connectivity index (χ4n) is 1.14. The Bertz CT molecular complexity index is 391. The Morgan fingerprint density at radius 3 is 1.50 bits per heavy atom. The van der Waals surface area contributed by atoms with E-state index in [0.717, 1.165) is 26.2 Å². The van der Waals surface area contributed by atoms with Gasteiger partial charge in [0, 0.05) is 25.2 Å². The second-order valence-corrected chi connectivity index (χ2v) is 3.94. The molecule has 0 unspecified atom stereocenters. The van der Waals surface area contributed by atoms with Crippen molar-refractivity contribution in [1.82, 2.24) is 10.6 Å². The van der Waals surface area contributed by atoms with Crippen molar-refractivity contribution >= 4 is 11.9 Å². The minimum absolute atomic E-state index is 0.558. The van der Waals surface area contributed by atoms with Crippen LogP contribution in [0, 0.1) is 0 Å². The maximum absolute atomic E-state index is 9.55. The highest BCUT2D eigenvalue weighted by molar-refractivity contribution is 5.89. The lowest BCUT2D eigenvalue weighted by Gasteiger charge is -2.02. The van der Waals surface area contributed by atoms with E-state index in [1.165, 1.54) is 12.8 Å². The van der Waals surface area contributed by atoms with Crippen molar-refractivity contribution in [1.29, 1.82) is 0 Å². The van der Waals surface area contributed by atoms with E-state index in [1.807, 2.05) is 12.2 Å². The number of unbranched alkanes of at least 4 members (excludes halogenated alkanes) is 1. The second-order valence-electron chi connectivity index (χ2n) is 3.94. The second kappa shape index (κ2) is 18.6. The third-order valence-electron chi connectivity index (χ3n) is 2.11. The van der Waals surface area contributed by atoms with Gasteiger partial charge in [-0.1, -0.05) is 13.2 Å². The molecule has 0 fully saturated rings. The summed E-state index contributed by atoms with van der Waals surface area (Å²) >= 11 is 0. The number of aliphatic carboxylic acids is 2. The predicted octanol–water partition coefficient (Wildman–Crippen LogP) is 1.34. The van der Waals surface area contributed by atoms with Crippen LogP contribution in [0.3, 0.4) is 0 Å². The van der Waals surface area contributed by atoms with Crippen LogP contribution in [0.2, 0.25) is 0 Å². The number of hydrogen-bond acceptors (Lipinski definition) is 4. The van der Waals surface area contributed by atoms with Crippen molar-refractivity contribution in [2.24, 2.45) is 0 Å². The molecule has 0 aliphatic heterocycles. The lowest BCUT2D eigenvalue weighted by molar-refractivity contribution is -0.134. The van der Waals surface area contributed by atoms with Gasteiger partial charge < -0.3 is 20.8 Å². The van der Waals surface area contributed by atoms with Gasteiger partial charge in [0.25, 0.3) is 0 Å². The molecule has 0 saturated carbocycles. The van der Waals surface area contributed by atoms with Crippen LogP contribution in [0.25, 0.3) is 0 Å². The van der Waals surface area contributed by atoms with Gasteiger partial charge in [-0.25, -0.2) is 9.59 Å². The van der Waals surface area contributed by atoms with E-state index in [-0.39, 0.29) is 0 Å². The Labute approximate surface area is 131 Å². The lowest BCUT2D eigenvalue weighted by Crippen LogP contribution is -2.18. The maximum Gasteiger partial charge on any atom is 0.328 e. The molecule has 122 valence electrons. The molecular weight excluding hydrogens is 284 g/mol. The van der Waals surface area contributed by atoms with Gasteiger partial charge in [-0.2, -0.15) is 0 Å². The SMILES string of the molecule is C=C=CCNCCCCNCC=C=C.O=C(O)/C=C\C(=O)O. The van der Waals surface area contributed by atoms with Crippen LogP contribution in [0.5, 0.6) is 0 Å². The Kier molecular flexibility index (Phi) is 18.6. The Morgan fingerprint density at radius 1 is 0.864 bits per heavy atom. The number of rotatable bonds is 11. The van der Waals surface area contributed by atoms with Crippen molar-refractivity contribution in [3.8, 4) is 0 Å². The summed E-state index contributed by atoms with van der Waals surface area (Å²) in [5.41, 5.74) is 5.45. The molecule has 0 amide bonds. The van der Waals surface area contributed by atoms with E-state index in [2.05, 4.69) is 35.3 Å². The van der Waals surface area contributed by atoms with Crippen molar-refractivity contribution in [2.75, 3.05) is 26.2 Å². The third kappa shape index (κ3) is 26.3. The number of carboxylic acid groups (broad SMARTS) is 2. The van der Waals surface area contributed by atoms with Crippen LogP contribution in [0.1, 0.15) is 12.8 Å².